The fourth-order valence-corrected chi connectivity index (χ4v) is 12.7. The van der Waals surface area contributed by atoms with Crippen LogP contribution >= 0.6 is 6.49 Å². The molecule has 4 aromatic heterocycles. The van der Waals surface area contributed by atoms with E-state index in [0.717, 1.165) is 16.7 Å². The summed E-state index contributed by atoms with van der Waals surface area (Å²) in [7, 11) is 0.888. The average molecular weight is 1140 g/mol. The molecule has 2 saturated heterocycles. The number of imidazole rings is 2. The fourth-order valence-electron chi connectivity index (χ4n) is 9.64. The third-order valence-electron chi connectivity index (χ3n) is 14.9. The molecular weight excluding hydrogens is 1060 g/mol. The number of nitrogens with one attached hydrogen (secondary N) is 4. The second-order valence-electron chi connectivity index (χ2n) is 22.7. The first-order valence-electron chi connectivity index (χ1n) is 26.9. The molecule has 0 bridgehead atoms. The SMILES string of the molecule is COc1ccc(C(OC[C@H]2O[C@@H](n3cnc4c(=O)[nH]c(NCC(C)C)nc43)C[C@@H]2OP(C)(=S)OC[C@H]2O[C@@H](n3cnc4c(=O)[nH]c(NCC(C)C)nc43)C[C@@H]2O[Si](C)(C)C(C)(C)C)(c2ccccc2)c2ccc(OC)cc2)cc1. The second-order valence-corrected chi connectivity index (χ2v) is 31.5. The van der Waals surface area contributed by atoms with Crippen molar-refractivity contribution in [3.05, 3.63) is 129 Å². The second kappa shape index (κ2) is 23.7. The number of aromatic nitrogens is 8. The van der Waals surface area contributed by atoms with Crippen molar-refractivity contribution in [3.63, 3.8) is 0 Å². The van der Waals surface area contributed by atoms with Gasteiger partial charge in [0, 0.05) is 32.6 Å². The van der Waals surface area contributed by atoms with Crippen molar-refractivity contribution in [3.8, 4) is 11.5 Å². The Morgan fingerprint density at radius 1 is 0.709 bits per heavy atom. The molecule has 0 spiro atoms. The van der Waals surface area contributed by atoms with Crippen LogP contribution in [-0.2, 0) is 45.1 Å². The number of hydrogen-bond acceptors (Lipinski definition) is 17. The molecule has 424 valence electrons. The molecule has 23 heteroatoms. The largest absolute Gasteiger partial charge is 0.497 e. The highest BCUT2D eigenvalue weighted by Crippen LogP contribution is 2.52. The Labute approximate surface area is 467 Å². The molecule has 3 aromatic carbocycles. The van der Waals surface area contributed by atoms with E-state index >= 15 is 0 Å². The van der Waals surface area contributed by atoms with E-state index in [-0.39, 0.29) is 46.8 Å². The average Bonchev–Trinajstić information content (AvgIpc) is 4.35. The number of anilines is 2. The maximum absolute atomic E-state index is 13.5. The highest BCUT2D eigenvalue weighted by molar-refractivity contribution is 8.09. The molecule has 79 heavy (non-hydrogen) atoms. The van der Waals surface area contributed by atoms with E-state index in [9.17, 15) is 9.59 Å². The van der Waals surface area contributed by atoms with Gasteiger partial charge in [-0.3, -0.25) is 28.7 Å². The minimum absolute atomic E-state index is 0.00552. The summed E-state index contributed by atoms with van der Waals surface area (Å²) in [6.45, 7) is 19.2. The lowest BCUT2D eigenvalue weighted by molar-refractivity contribution is -0.0908. The van der Waals surface area contributed by atoms with Crippen molar-refractivity contribution in [2.24, 2.45) is 11.8 Å². The summed E-state index contributed by atoms with van der Waals surface area (Å²) in [4.78, 5) is 50.9. The zero-order valence-electron chi connectivity index (χ0n) is 47.1. The van der Waals surface area contributed by atoms with E-state index in [4.69, 9.17) is 58.9 Å². The van der Waals surface area contributed by atoms with Crippen LogP contribution in [0.25, 0.3) is 22.3 Å². The smallest absolute Gasteiger partial charge is 0.280 e. The van der Waals surface area contributed by atoms with E-state index in [2.05, 4.69) is 92.1 Å². The first-order valence-corrected chi connectivity index (χ1v) is 32.9. The lowest BCUT2D eigenvalue weighted by atomic mass is 9.80. The normalized spacial score (nSPS) is 20.8. The summed E-state index contributed by atoms with van der Waals surface area (Å²) >= 11 is 6.36. The highest BCUT2D eigenvalue weighted by Gasteiger charge is 2.48. The third kappa shape index (κ3) is 12.7. The monoisotopic (exact) mass is 1140 g/mol. The Morgan fingerprint density at radius 2 is 1.16 bits per heavy atom. The number of benzene rings is 3. The van der Waals surface area contributed by atoms with E-state index in [1.807, 2.05) is 78.9 Å². The predicted molar refractivity (Wildman–Crippen MR) is 311 cm³/mol. The van der Waals surface area contributed by atoms with Gasteiger partial charge in [0.05, 0.1) is 52.3 Å². The Bertz CT molecular complexity index is 3320. The Balaban J connectivity index is 1.04. The number of methoxy groups -OCH3 is 2. The maximum Gasteiger partial charge on any atom is 0.280 e. The zero-order valence-corrected chi connectivity index (χ0v) is 49.9. The molecule has 9 rings (SSSR count). The summed E-state index contributed by atoms with van der Waals surface area (Å²) in [6.07, 6.45) is 0.126. The fraction of sp³-hybridized carbons (Fsp3) is 0.500. The standard InChI is InChI=1S/C56H75N10O10PSSi/c1-34(2)28-57-53-61-49-47(51(67)63-53)59-32-65(49)45-26-41(43(73-45)30-71-56(36-16-14-13-15-17-36,37-18-22-39(69-8)23-19-37)38-20-24-40(70-9)25-21-38)75-77(10,78)72-31-44-42(76-79(11,12)55(5,6)7)27-46(74-44)66-33-60-48-50(66)62-54(64-52(48)68)58-29-35(3)4/h13-25,32-35,41-46H,26-31H2,1-12H3,(H2,57,61,63,67)(H2,58,62,64,68)/t41-,42-,43+,44+,45+,46+,77?/m0/s1. The minimum Gasteiger partial charge on any atom is -0.497 e. The van der Waals surface area contributed by atoms with Crippen molar-refractivity contribution in [2.75, 3.05) is 57.8 Å². The molecular formula is C56H75N10O10PSSi. The van der Waals surface area contributed by atoms with Crippen LogP contribution in [-0.4, -0.2) is 119 Å². The summed E-state index contributed by atoms with van der Waals surface area (Å²) in [5.74, 6) is 2.68. The molecule has 0 saturated carbocycles. The van der Waals surface area contributed by atoms with Crippen molar-refractivity contribution in [1.29, 1.82) is 0 Å². The quantitative estimate of drug-likeness (QED) is 0.0266. The predicted octanol–water partition coefficient (Wildman–Crippen LogP) is 9.72. The Morgan fingerprint density at radius 3 is 1.62 bits per heavy atom. The van der Waals surface area contributed by atoms with Gasteiger partial charge in [-0.05, 0) is 82.7 Å². The van der Waals surface area contributed by atoms with Gasteiger partial charge in [-0.15, -0.1) is 0 Å². The highest BCUT2D eigenvalue weighted by atomic mass is 32.5. The van der Waals surface area contributed by atoms with E-state index in [1.165, 1.54) is 0 Å². The van der Waals surface area contributed by atoms with Crippen molar-refractivity contribution >= 4 is 60.8 Å². The van der Waals surface area contributed by atoms with E-state index < -0.39 is 57.3 Å². The molecule has 0 amide bonds. The number of nitrogens with zero attached hydrogens (tertiary/aromatic N) is 6. The van der Waals surface area contributed by atoms with Crippen LogP contribution in [0.3, 0.4) is 0 Å². The van der Waals surface area contributed by atoms with Crippen LogP contribution in [0.1, 0.15) is 90.5 Å². The summed E-state index contributed by atoms with van der Waals surface area (Å²) < 4.78 is 57.1. The maximum atomic E-state index is 13.5. The number of hydrogen-bond donors (Lipinski definition) is 4. The number of H-pyrrole nitrogens is 2. The number of aromatic amines is 2. The molecule has 2 aliphatic heterocycles. The van der Waals surface area contributed by atoms with Crippen LogP contribution in [0, 0.1) is 11.8 Å². The molecule has 2 fully saturated rings. The van der Waals surface area contributed by atoms with Crippen molar-refractivity contribution in [2.45, 2.75) is 122 Å². The molecule has 0 aliphatic carbocycles. The molecule has 20 nitrogen and oxygen atoms in total. The number of fused-ring (bicyclic) bond motifs is 2. The Kier molecular flexibility index (Phi) is 17.4. The molecule has 6 heterocycles. The molecule has 0 radical (unpaired) electrons. The van der Waals surface area contributed by atoms with Gasteiger partial charge < -0.3 is 47.8 Å². The zero-order chi connectivity index (χ0) is 56.4. The molecule has 7 atom stereocenters. The van der Waals surface area contributed by atoms with Crippen molar-refractivity contribution in [1.82, 2.24) is 39.0 Å². The first-order chi connectivity index (χ1) is 37.6. The van der Waals surface area contributed by atoms with Gasteiger partial charge in [0.25, 0.3) is 11.1 Å². The lowest BCUT2D eigenvalue weighted by Crippen LogP contribution is -2.46. The molecule has 7 aromatic rings. The summed E-state index contributed by atoms with van der Waals surface area (Å²) in [5, 5.41) is 6.37. The van der Waals surface area contributed by atoms with Crippen LogP contribution in [0.2, 0.25) is 18.1 Å². The van der Waals surface area contributed by atoms with Gasteiger partial charge in [-0.2, -0.15) is 9.97 Å². The Hall–Kier alpha value is -5.81. The van der Waals surface area contributed by atoms with Gasteiger partial charge in [0.15, 0.2) is 37.1 Å². The van der Waals surface area contributed by atoms with E-state index in [1.54, 1.807) is 42.7 Å². The van der Waals surface area contributed by atoms with Gasteiger partial charge in [-0.25, -0.2) is 9.97 Å². The minimum atomic E-state index is -3.18. The summed E-state index contributed by atoms with van der Waals surface area (Å²) in [6, 6.07) is 25.7. The van der Waals surface area contributed by atoms with Crippen LogP contribution in [0.4, 0.5) is 11.9 Å². The number of ether oxygens (including phenoxy) is 5. The van der Waals surface area contributed by atoms with Gasteiger partial charge in [0.2, 0.25) is 11.9 Å². The molecule has 1 unspecified atom stereocenters. The van der Waals surface area contributed by atoms with Crippen LogP contribution in [0.15, 0.2) is 101 Å². The number of rotatable bonds is 23. The van der Waals surface area contributed by atoms with Gasteiger partial charge in [0.1, 0.15) is 41.8 Å². The van der Waals surface area contributed by atoms with Crippen LogP contribution < -0.4 is 31.2 Å². The lowest BCUT2D eigenvalue weighted by Gasteiger charge is -2.39. The van der Waals surface area contributed by atoms with E-state index in [0.29, 0.717) is 66.0 Å². The molecule has 2 aliphatic rings. The molecule has 4 N–H and O–H groups in total. The van der Waals surface area contributed by atoms with Gasteiger partial charge in [-0.1, -0.05) is 103 Å². The van der Waals surface area contributed by atoms with Crippen molar-refractivity contribution < 1.29 is 37.2 Å². The summed E-state index contributed by atoms with van der Waals surface area (Å²) in [5.41, 5.74) is 1.73. The van der Waals surface area contributed by atoms with Crippen LogP contribution in [0.5, 0.6) is 11.5 Å². The first kappa shape index (κ1) is 57.9. The third-order valence-corrected chi connectivity index (χ3v) is 21.2. The topological polar surface area (TPSA) is 225 Å². The van der Waals surface area contributed by atoms with Gasteiger partial charge >= 0.3 is 0 Å².